The number of rotatable bonds is 3. The second-order valence-electron chi connectivity index (χ2n) is 3.00. The van der Waals surface area contributed by atoms with Gasteiger partial charge in [0, 0.05) is 6.20 Å². The van der Waals surface area contributed by atoms with Crippen LogP contribution in [-0.2, 0) is 4.74 Å². The lowest BCUT2D eigenvalue weighted by Crippen LogP contribution is -2.21. The van der Waals surface area contributed by atoms with Crippen LogP contribution in [0.15, 0.2) is 17.1 Å². The van der Waals surface area contributed by atoms with Crippen molar-refractivity contribution >= 4 is 5.97 Å². The third-order valence-electron chi connectivity index (χ3n) is 1.81. The maximum atomic E-state index is 11.4. The van der Waals surface area contributed by atoms with Crippen molar-refractivity contribution in [2.75, 3.05) is 6.61 Å². The second-order valence-corrected chi connectivity index (χ2v) is 3.00. The molecule has 0 aromatic carbocycles. The highest BCUT2D eigenvalue weighted by Crippen LogP contribution is 2.02. The summed E-state index contributed by atoms with van der Waals surface area (Å²) in [6.45, 7) is 3.94. The molecule has 4 heteroatoms. The lowest BCUT2D eigenvalue weighted by Gasteiger charge is -2.03. The summed E-state index contributed by atoms with van der Waals surface area (Å²) in [5, 5.41) is 0. The molecule has 0 amide bonds. The Balaban J connectivity index is 2.95. The molecular weight excluding hydrogens is 182 g/mol. The van der Waals surface area contributed by atoms with Crippen LogP contribution in [-0.4, -0.2) is 17.6 Å². The topological polar surface area (TPSA) is 59.2 Å². The van der Waals surface area contributed by atoms with Crippen LogP contribution in [0, 0.1) is 6.92 Å². The molecule has 0 saturated heterocycles. The zero-order valence-electron chi connectivity index (χ0n) is 8.29. The lowest BCUT2D eigenvalue weighted by molar-refractivity contribution is 0.0502. The van der Waals surface area contributed by atoms with E-state index in [0.717, 1.165) is 6.42 Å². The van der Waals surface area contributed by atoms with Crippen LogP contribution in [0.4, 0.5) is 0 Å². The molecule has 1 aromatic rings. The highest BCUT2D eigenvalue weighted by molar-refractivity contribution is 5.90. The number of carbonyl (C=O) groups excluding carboxylic acids is 1. The summed E-state index contributed by atoms with van der Waals surface area (Å²) in [4.78, 5) is 25.1. The molecular formula is C10H13NO3. The van der Waals surface area contributed by atoms with Crippen molar-refractivity contribution < 1.29 is 9.53 Å². The van der Waals surface area contributed by atoms with Crippen molar-refractivity contribution in [3.05, 3.63) is 33.7 Å². The van der Waals surface area contributed by atoms with Crippen LogP contribution in [0.5, 0.6) is 0 Å². The molecule has 0 aliphatic heterocycles. The van der Waals surface area contributed by atoms with E-state index in [9.17, 15) is 9.59 Å². The standard InChI is InChI=1S/C10H13NO3/c1-3-6-14-10(13)8-7(2)4-5-11-9(8)12/h4-5H,3,6H2,1-2H3,(H,11,12). The number of aryl methyl sites for hydroxylation is 1. The first-order chi connectivity index (χ1) is 6.66. The maximum Gasteiger partial charge on any atom is 0.344 e. The van der Waals surface area contributed by atoms with Gasteiger partial charge in [0.2, 0.25) is 0 Å². The predicted octanol–water partition coefficient (Wildman–Crippen LogP) is 1.25. The van der Waals surface area contributed by atoms with Crippen molar-refractivity contribution in [1.29, 1.82) is 0 Å². The number of aromatic amines is 1. The minimum Gasteiger partial charge on any atom is -0.462 e. The summed E-state index contributed by atoms with van der Waals surface area (Å²) < 4.78 is 4.88. The minimum absolute atomic E-state index is 0.0981. The maximum absolute atomic E-state index is 11.4. The summed E-state index contributed by atoms with van der Waals surface area (Å²) in [7, 11) is 0. The molecule has 76 valence electrons. The number of pyridine rings is 1. The van der Waals surface area contributed by atoms with Crippen molar-refractivity contribution in [3.63, 3.8) is 0 Å². The van der Waals surface area contributed by atoms with E-state index in [0.29, 0.717) is 12.2 Å². The Morgan fingerprint density at radius 1 is 1.57 bits per heavy atom. The van der Waals surface area contributed by atoms with E-state index >= 15 is 0 Å². The fourth-order valence-electron chi connectivity index (χ4n) is 1.10. The van der Waals surface area contributed by atoms with Crippen LogP contribution in [0.3, 0.4) is 0 Å². The van der Waals surface area contributed by atoms with Gasteiger partial charge >= 0.3 is 5.97 Å². The van der Waals surface area contributed by atoms with Gasteiger partial charge in [-0.1, -0.05) is 6.92 Å². The molecule has 0 fully saturated rings. The van der Waals surface area contributed by atoms with E-state index in [1.54, 1.807) is 13.0 Å². The SMILES string of the molecule is CCCOC(=O)c1c(C)cc[nH]c1=O. The third kappa shape index (κ3) is 2.22. The first-order valence-corrected chi connectivity index (χ1v) is 4.52. The quantitative estimate of drug-likeness (QED) is 0.738. The van der Waals surface area contributed by atoms with Crippen LogP contribution < -0.4 is 5.56 Å². The first kappa shape index (κ1) is 10.5. The Bertz CT molecular complexity index is 381. The Hall–Kier alpha value is -1.58. The Kier molecular flexibility index (Phi) is 3.45. The molecule has 0 aliphatic rings. The van der Waals surface area contributed by atoms with Gasteiger partial charge in [0.25, 0.3) is 5.56 Å². The summed E-state index contributed by atoms with van der Waals surface area (Å²) in [5.41, 5.74) is 0.335. The molecule has 1 aromatic heterocycles. The zero-order valence-corrected chi connectivity index (χ0v) is 8.29. The Morgan fingerprint density at radius 2 is 2.29 bits per heavy atom. The number of esters is 1. The number of ether oxygens (including phenoxy) is 1. The molecule has 0 saturated carbocycles. The van der Waals surface area contributed by atoms with Gasteiger partial charge in [-0.3, -0.25) is 4.79 Å². The summed E-state index contributed by atoms with van der Waals surface area (Å²) >= 11 is 0. The van der Waals surface area contributed by atoms with E-state index < -0.39 is 11.5 Å². The van der Waals surface area contributed by atoms with E-state index in [1.807, 2.05) is 6.92 Å². The first-order valence-electron chi connectivity index (χ1n) is 4.52. The van der Waals surface area contributed by atoms with E-state index in [1.165, 1.54) is 6.20 Å². The predicted molar refractivity (Wildman–Crippen MR) is 52.4 cm³/mol. The normalized spacial score (nSPS) is 9.86. The van der Waals surface area contributed by atoms with Crippen LogP contribution in [0.25, 0.3) is 0 Å². The Morgan fingerprint density at radius 3 is 2.86 bits per heavy atom. The minimum atomic E-state index is -0.550. The average molecular weight is 195 g/mol. The van der Waals surface area contributed by atoms with Crippen molar-refractivity contribution in [3.8, 4) is 0 Å². The lowest BCUT2D eigenvalue weighted by atomic mass is 10.1. The second kappa shape index (κ2) is 4.60. The highest BCUT2D eigenvalue weighted by Gasteiger charge is 2.13. The number of hydrogen-bond acceptors (Lipinski definition) is 3. The van der Waals surface area contributed by atoms with Crippen molar-refractivity contribution in [2.24, 2.45) is 0 Å². The molecule has 0 atom stereocenters. The fourth-order valence-corrected chi connectivity index (χ4v) is 1.10. The summed E-state index contributed by atoms with van der Waals surface area (Å²) in [6, 6.07) is 1.67. The molecule has 1 rings (SSSR count). The molecule has 1 N–H and O–H groups in total. The van der Waals surface area contributed by atoms with Gasteiger partial charge in [0.05, 0.1) is 6.61 Å². The number of aromatic nitrogens is 1. The van der Waals surface area contributed by atoms with Gasteiger partial charge < -0.3 is 9.72 Å². The van der Waals surface area contributed by atoms with Gasteiger partial charge in [-0.05, 0) is 25.0 Å². The largest absolute Gasteiger partial charge is 0.462 e. The van der Waals surface area contributed by atoms with Crippen molar-refractivity contribution in [2.45, 2.75) is 20.3 Å². The van der Waals surface area contributed by atoms with Crippen molar-refractivity contribution in [1.82, 2.24) is 4.98 Å². The fraction of sp³-hybridized carbons (Fsp3) is 0.400. The molecule has 1 heterocycles. The smallest absolute Gasteiger partial charge is 0.344 e. The van der Waals surface area contributed by atoms with E-state index in [-0.39, 0.29) is 5.56 Å². The number of nitrogens with one attached hydrogen (secondary N) is 1. The van der Waals surface area contributed by atoms with Gasteiger partial charge in [-0.15, -0.1) is 0 Å². The van der Waals surface area contributed by atoms with Gasteiger partial charge in [-0.2, -0.15) is 0 Å². The highest BCUT2D eigenvalue weighted by atomic mass is 16.5. The van der Waals surface area contributed by atoms with Crippen LogP contribution >= 0.6 is 0 Å². The molecule has 0 bridgehead atoms. The average Bonchev–Trinajstić information content (AvgIpc) is 2.14. The molecule has 0 unspecified atom stereocenters. The monoisotopic (exact) mass is 195 g/mol. The molecule has 0 radical (unpaired) electrons. The third-order valence-corrected chi connectivity index (χ3v) is 1.81. The van der Waals surface area contributed by atoms with Crippen LogP contribution in [0.1, 0.15) is 29.3 Å². The number of carbonyl (C=O) groups is 1. The summed E-state index contributed by atoms with van der Waals surface area (Å²) in [6.07, 6.45) is 2.25. The van der Waals surface area contributed by atoms with Gasteiger partial charge in [0.15, 0.2) is 0 Å². The summed E-state index contributed by atoms with van der Waals surface area (Å²) in [5.74, 6) is -0.550. The van der Waals surface area contributed by atoms with E-state index in [4.69, 9.17) is 4.74 Å². The molecule has 4 nitrogen and oxygen atoms in total. The Labute approximate surface area is 81.9 Å². The molecule has 0 spiro atoms. The number of hydrogen-bond donors (Lipinski definition) is 1. The number of H-pyrrole nitrogens is 1. The molecule has 14 heavy (non-hydrogen) atoms. The van der Waals surface area contributed by atoms with Gasteiger partial charge in [0.1, 0.15) is 5.56 Å². The van der Waals surface area contributed by atoms with Crippen LogP contribution in [0.2, 0.25) is 0 Å². The molecule has 0 aliphatic carbocycles. The van der Waals surface area contributed by atoms with E-state index in [2.05, 4.69) is 4.98 Å². The zero-order chi connectivity index (χ0) is 10.6. The van der Waals surface area contributed by atoms with Gasteiger partial charge in [-0.25, -0.2) is 4.79 Å².